The minimum Gasteiger partial charge on any atom is -0.476 e. The molecular weight excluding hydrogens is 204 g/mol. The Morgan fingerprint density at radius 3 is 2.93 bits per heavy atom. The molecule has 2 rings (SSSR count). The number of hydrogen-bond acceptors (Lipinski definition) is 2. The molecule has 0 aromatic carbocycles. The van der Waals surface area contributed by atoms with Crippen LogP contribution in [0, 0.1) is 6.92 Å². The fourth-order valence-electron chi connectivity index (χ4n) is 1.23. The largest absolute Gasteiger partial charge is 0.476 e. The topological polar surface area (TPSA) is 54.6 Å². The number of imidazole rings is 1. The molecular formula is C9H7ClN2O2. The van der Waals surface area contributed by atoms with E-state index in [1.807, 2.05) is 6.92 Å². The van der Waals surface area contributed by atoms with E-state index in [-0.39, 0.29) is 5.69 Å². The summed E-state index contributed by atoms with van der Waals surface area (Å²) in [4.78, 5) is 14.5. The van der Waals surface area contributed by atoms with Gasteiger partial charge in [0.2, 0.25) is 0 Å². The number of aromatic carboxylic acids is 1. The van der Waals surface area contributed by atoms with E-state index in [9.17, 15) is 4.79 Å². The molecule has 0 atom stereocenters. The van der Waals surface area contributed by atoms with Crippen LogP contribution in [0.2, 0.25) is 5.15 Å². The van der Waals surface area contributed by atoms with Gasteiger partial charge in [-0.05, 0) is 18.6 Å². The minimum atomic E-state index is -1.05. The van der Waals surface area contributed by atoms with Crippen LogP contribution in [0.1, 0.15) is 16.1 Å². The lowest BCUT2D eigenvalue weighted by molar-refractivity contribution is 0.0691. The molecule has 0 aliphatic rings. The van der Waals surface area contributed by atoms with E-state index in [0.29, 0.717) is 10.8 Å². The molecule has 0 fully saturated rings. The van der Waals surface area contributed by atoms with Crippen molar-refractivity contribution in [3.8, 4) is 0 Å². The second-order valence-electron chi connectivity index (χ2n) is 2.97. The average molecular weight is 211 g/mol. The number of aromatic nitrogens is 2. The lowest BCUT2D eigenvalue weighted by atomic mass is 10.3. The van der Waals surface area contributed by atoms with Crippen molar-refractivity contribution in [2.45, 2.75) is 6.92 Å². The van der Waals surface area contributed by atoms with E-state index in [1.54, 1.807) is 16.5 Å². The van der Waals surface area contributed by atoms with Crippen molar-refractivity contribution in [3.63, 3.8) is 0 Å². The van der Waals surface area contributed by atoms with Gasteiger partial charge in [0.15, 0.2) is 5.69 Å². The Hall–Kier alpha value is -1.55. The Morgan fingerprint density at radius 2 is 2.29 bits per heavy atom. The molecule has 2 aromatic rings. The fraction of sp³-hybridized carbons (Fsp3) is 0.111. The predicted octanol–water partition coefficient (Wildman–Crippen LogP) is 1.99. The van der Waals surface area contributed by atoms with Crippen molar-refractivity contribution < 1.29 is 9.90 Å². The first-order valence-electron chi connectivity index (χ1n) is 3.97. The molecule has 2 heterocycles. The maximum Gasteiger partial charge on any atom is 0.356 e. The molecule has 0 aliphatic carbocycles. The second kappa shape index (κ2) is 2.99. The van der Waals surface area contributed by atoms with E-state index in [0.717, 1.165) is 5.56 Å². The van der Waals surface area contributed by atoms with Crippen molar-refractivity contribution in [1.82, 2.24) is 9.38 Å². The van der Waals surface area contributed by atoms with Gasteiger partial charge in [0.05, 0.1) is 0 Å². The van der Waals surface area contributed by atoms with Crippen LogP contribution in [0.3, 0.4) is 0 Å². The van der Waals surface area contributed by atoms with E-state index >= 15 is 0 Å². The highest BCUT2D eigenvalue weighted by Crippen LogP contribution is 2.18. The van der Waals surface area contributed by atoms with Crippen LogP contribution in [0.25, 0.3) is 5.65 Å². The van der Waals surface area contributed by atoms with E-state index < -0.39 is 5.97 Å². The molecule has 0 aliphatic heterocycles. The van der Waals surface area contributed by atoms with Gasteiger partial charge in [0, 0.05) is 6.20 Å². The fourth-order valence-corrected chi connectivity index (χ4v) is 1.43. The van der Waals surface area contributed by atoms with Crippen molar-refractivity contribution in [3.05, 3.63) is 34.7 Å². The molecule has 0 unspecified atom stereocenters. The number of rotatable bonds is 1. The summed E-state index contributed by atoms with van der Waals surface area (Å²) in [6.07, 6.45) is 1.41. The van der Waals surface area contributed by atoms with Gasteiger partial charge in [-0.3, -0.25) is 4.40 Å². The van der Waals surface area contributed by atoms with Crippen LogP contribution in [0.5, 0.6) is 0 Å². The molecule has 4 nitrogen and oxygen atoms in total. The molecule has 0 bridgehead atoms. The number of carboxylic acid groups (broad SMARTS) is 1. The van der Waals surface area contributed by atoms with Gasteiger partial charge in [-0.15, -0.1) is 0 Å². The summed E-state index contributed by atoms with van der Waals surface area (Å²) in [5.41, 5.74) is 1.42. The minimum absolute atomic E-state index is 0.00231. The first-order chi connectivity index (χ1) is 6.59. The maximum absolute atomic E-state index is 10.6. The predicted molar refractivity (Wildman–Crippen MR) is 51.9 cm³/mol. The Bertz CT molecular complexity index is 519. The summed E-state index contributed by atoms with van der Waals surface area (Å²) in [6.45, 7) is 1.85. The van der Waals surface area contributed by atoms with E-state index in [4.69, 9.17) is 16.7 Å². The summed E-state index contributed by atoms with van der Waals surface area (Å²) in [5, 5.41) is 9.22. The van der Waals surface area contributed by atoms with Crippen LogP contribution < -0.4 is 0 Å². The Balaban J connectivity index is 2.77. The Kier molecular flexibility index (Phi) is 1.93. The molecule has 0 saturated carbocycles. The zero-order chi connectivity index (χ0) is 10.3. The van der Waals surface area contributed by atoms with Crippen molar-refractivity contribution in [2.75, 3.05) is 0 Å². The third-order valence-corrected chi connectivity index (χ3v) is 2.45. The number of aryl methyl sites for hydroxylation is 1. The van der Waals surface area contributed by atoms with Crippen LogP contribution in [0.4, 0.5) is 0 Å². The molecule has 0 amide bonds. The highest BCUT2D eigenvalue weighted by molar-refractivity contribution is 6.30. The standard InChI is InChI=1S/C9H7ClN2O2/c1-5-2-3-7-11-6(9(13)14)4-12(7)8(5)10/h2-4H,1H3,(H,13,14). The molecule has 14 heavy (non-hydrogen) atoms. The van der Waals surface area contributed by atoms with Gasteiger partial charge in [0.1, 0.15) is 10.8 Å². The molecule has 0 spiro atoms. The average Bonchev–Trinajstić information content (AvgIpc) is 2.56. The molecule has 1 N–H and O–H groups in total. The number of halogens is 1. The first kappa shape index (κ1) is 9.02. The van der Waals surface area contributed by atoms with Gasteiger partial charge in [-0.2, -0.15) is 0 Å². The van der Waals surface area contributed by atoms with Crippen LogP contribution in [-0.4, -0.2) is 20.5 Å². The normalized spacial score (nSPS) is 10.7. The number of hydrogen-bond donors (Lipinski definition) is 1. The molecule has 72 valence electrons. The lowest BCUT2D eigenvalue weighted by Gasteiger charge is -1.99. The molecule has 2 aromatic heterocycles. The summed E-state index contributed by atoms with van der Waals surface area (Å²) < 4.78 is 1.56. The number of nitrogens with zero attached hydrogens (tertiary/aromatic N) is 2. The Morgan fingerprint density at radius 1 is 1.57 bits per heavy atom. The van der Waals surface area contributed by atoms with Gasteiger partial charge >= 0.3 is 5.97 Å². The van der Waals surface area contributed by atoms with Gasteiger partial charge < -0.3 is 5.11 Å². The maximum atomic E-state index is 10.6. The summed E-state index contributed by atoms with van der Waals surface area (Å²) in [5.74, 6) is -1.05. The zero-order valence-electron chi connectivity index (χ0n) is 7.36. The first-order valence-corrected chi connectivity index (χ1v) is 4.35. The van der Waals surface area contributed by atoms with E-state index in [1.165, 1.54) is 6.20 Å². The lowest BCUT2D eigenvalue weighted by Crippen LogP contribution is -1.94. The highest BCUT2D eigenvalue weighted by Gasteiger charge is 2.10. The molecule has 0 saturated heterocycles. The van der Waals surface area contributed by atoms with Crippen molar-refractivity contribution in [2.24, 2.45) is 0 Å². The number of pyridine rings is 1. The number of fused-ring (bicyclic) bond motifs is 1. The van der Waals surface area contributed by atoms with Crippen LogP contribution in [0.15, 0.2) is 18.3 Å². The van der Waals surface area contributed by atoms with Crippen molar-refractivity contribution in [1.29, 1.82) is 0 Å². The smallest absolute Gasteiger partial charge is 0.356 e. The SMILES string of the molecule is Cc1ccc2nc(C(=O)O)cn2c1Cl. The summed E-state index contributed by atoms with van der Waals surface area (Å²) in [6, 6.07) is 3.53. The molecule has 0 radical (unpaired) electrons. The number of carboxylic acids is 1. The summed E-state index contributed by atoms with van der Waals surface area (Å²) in [7, 11) is 0. The third kappa shape index (κ3) is 1.24. The van der Waals surface area contributed by atoms with Gasteiger partial charge in [0.25, 0.3) is 0 Å². The Labute approximate surface area is 84.8 Å². The van der Waals surface area contributed by atoms with Crippen molar-refractivity contribution >= 4 is 23.2 Å². The van der Waals surface area contributed by atoms with Crippen LogP contribution >= 0.6 is 11.6 Å². The monoisotopic (exact) mass is 210 g/mol. The second-order valence-corrected chi connectivity index (χ2v) is 3.32. The summed E-state index contributed by atoms with van der Waals surface area (Å²) >= 11 is 5.97. The zero-order valence-corrected chi connectivity index (χ0v) is 8.12. The van der Waals surface area contributed by atoms with E-state index in [2.05, 4.69) is 4.98 Å². The van der Waals surface area contributed by atoms with Gasteiger partial charge in [-0.25, -0.2) is 9.78 Å². The van der Waals surface area contributed by atoms with Crippen LogP contribution in [-0.2, 0) is 0 Å². The quantitative estimate of drug-likeness (QED) is 0.733. The number of carbonyl (C=O) groups is 1. The highest BCUT2D eigenvalue weighted by atomic mass is 35.5. The third-order valence-electron chi connectivity index (χ3n) is 1.97. The van der Waals surface area contributed by atoms with Gasteiger partial charge in [-0.1, -0.05) is 17.7 Å². The molecule has 5 heteroatoms.